The van der Waals surface area contributed by atoms with Crippen LogP contribution < -0.4 is 30.9 Å². The van der Waals surface area contributed by atoms with Crippen molar-refractivity contribution in [1.29, 1.82) is 0 Å². The number of carbonyl (C=O) groups excluding carboxylic acids is 5. The predicted molar refractivity (Wildman–Crippen MR) is 370 cm³/mol. The first-order chi connectivity index (χ1) is 48.2. The number of piperidine rings is 1. The molecule has 0 saturated carbocycles. The third-order valence-electron chi connectivity index (χ3n) is 20.1. The molecule has 530 valence electrons. The maximum Gasteiger partial charge on any atom is 0.491 e. The highest BCUT2D eigenvalue weighted by atomic mass is 19.4. The van der Waals surface area contributed by atoms with Crippen molar-refractivity contribution >= 4 is 68.5 Å². The fourth-order valence-electron chi connectivity index (χ4n) is 14.8. The molecule has 1 unspecified atom stereocenters. The lowest BCUT2D eigenvalue weighted by molar-refractivity contribution is -0.189. The molecule has 9 heterocycles. The van der Waals surface area contributed by atoms with Crippen LogP contribution in [0.3, 0.4) is 0 Å². The Bertz CT molecular complexity index is 5050. The maximum absolute atomic E-state index is 15.4. The van der Waals surface area contributed by atoms with E-state index in [1.54, 1.807) is 87.4 Å². The summed E-state index contributed by atoms with van der Waals surface area (Å²) in [7, 11) is 10.4. The first kappa shape index (κ1) is 70.5. The number of hydrogen-bond donors (Lipinski definition) is 4. The summed E-state index contributed by atoms with van der Waals surface area (Å²) >= 11 is 0. The van der Waals surface area contributed by atoms with Gasteiger partial charge < -0.3 is 57.6 Å². The van der Waals surface area contributed by atoms with Gasteiger partial charge in [-0.05, 0) is 149 Å². The number of methoxy groups -OCH3 is 1. The zero-order chi connectivity index (χ0) is 72.2. The van der Waals surface area contributed by atoms with Gasteiger partial charge in [0, 0.05) is 128 Å². The summed E-state index contributed by atoms with van der Waals surface area (Å²) in [6.07, 6.45) is -0.868. The number of fused-ring (bicyclic) bond motifs is 3. The number of alkyl halides is 3. The Morgan fingerprint density at radius 3 is 1.40 bits per heavy atom. The summed E-state index contributed by atoms with van der Waals surface area (Å²) in [5.74, 6) is -11.4. The third kappa shape index (κ3) is 13.5. The van der Waals surface area contributed by atoms with Crippen molar-refractivity contribution in [3.05, 3.63) is 154 Å². The number of carbonyl (C=O) groups is 6. The van der Waals surface area contributed by atoms with E-state index in [0.717, 1.165) is 72.4 Å². The summed E-state index contributed by atoms with van der Waals surface area (Å²) in [6, 6.07) is 20.8. The molecule has 0 bridgehead atoms. The molecule has 3 aliphatic rings. The Hall–Kier alpha value is -10.4. The molecular formula is C74H79F3N10O14. The minimum Gasteiger partial charge on any atom is -0.477 e. The maximum atomic E-state index is 15.4. The van der Waals surface area contributed by atoms with E-state index in [0.29, 0.717) is 79.4 Å². The molecule has 3 aliphatic heterocycles. The molecule has 2 atom stereocenters. The smallest absolute Gasteiger partial charge is 0.477 e. The minimum atomic E-state index is -5.67. The van der Waals surface area contributed by atoms with E-state index in [2.05, 4.69) is 24.8 Å². The van der Waals surface area contributed by atoms with Gasteiger partial charge in [-0.15, -0.1) is 0 Å². The number of aryl methyl sites for hydroxylation is 3. The molecule has 0 spiro atoms. The molecule has 0 radical (unpaired) electrons. The Balaban J connectivity index is 0.979. The summed E-state index contributed by atoms with van der Waals surface area (Å²) in [5, 5.41) is 12.8. The van der Waals surface area contributed by atoms with Gasteiger partial charge >= 0.3 is 36.0 Å². The van der Waals surface area contributed by atoms with Gasteiger partial charge in [0.15, 0.2) is 33.9 Å². The number of esters is 4. The van der Waals surface area contributed by atoms with Gasteiger partial charge in [-0.3, -0.25) is 38.7 Å². The summed E-state index contributed by atoms with van der Waals surface area (Å²) in [5.41, 5.74) is -1.81. The van der Waals surface area contributed by atoms with Crippen molar-refractivity contribution in [2.75, 3.05) is 53.9 Å². The van der Waals surface area contributed by atoms with Crippen molar-refractivity contribution in [2.24, 2.45) is 27.1 Å². The van der Waals surface area contributed by atoms with Crippen LogP contribution in [0.5, 0.6) is 17.2 Å². The van der Waals surface area contributed by atoms with Crippen LogP contribution in [0.15, 0.2) is 87.2 Å². The number of rotatable bonds is 20. The molecule has 3 saturated heterocycles. The van der Waals surface area contributed by atoms with Crippen molar-refractivity contribution in [3.63, 3.8) is 0 Å². The van der Waals surface area contributed by atoms with Crippen LogP contribution in [-0.4, -0.2) is 155 Å². The number of carboxylic acids is 1. The largest absolute Gasteiger partial charge is 0.491 e. The van der Waals surface area contributed by atoms with E-state index in [4.69, 9.17) is 18.9 Å². The van der Waals surface area contributed by atoms with Crippen LogP contribution >= 0.6 is 0 Å². The highest BCUT2D eigenvalue weighted by Gasteiger charge is 2.44. The molecule has 9 aromatic rings. The van der Waals surface area contributed by atoms with Gasteiger partial charge in [-0.1, -0.05) is 45.4 Å². The first-order valence-corrected chi connectivity index (χ1v) is 33.8. The number of hydrogen-bond acceptors (Lipinski definition) is 16. The number of nitrogens with one attached hydrogen (secondary N) is 3. The number of aromatic nitrogens is 6. The monoisotopic (exact) mass is 1390 g/mol. The Labute approximate surface area is 577 Å². The van der Waals surface area contributed by atoms with E-state index in [9.17, 15) is 47.0 Å². The van der Waals surface area contributed by atoms with Crippen LogP contribution in [0.1, 0.15) is 124 Å². The lowest BCUT2D eigenvalue weighted by atomic mass is 9.98. The number of likely N-dealkylation sites (tertiary alicyclic amines) is 3. The SMILES string of the molecule is CCc1c(-c2ccc3c(c2)cc(CN2CCC[C@H]2C(=O)OC)n3C)[nH]c(=O)c(C(=O)O)c1OC(=O)c1c(OC(=O)c2c(OC(=O)C(F)(F)F)c(CC)c(-c3ccc4c(c3)cc(CN3CCCCC3)n4C)[nH]c2=O)c(CC)c(-c2ccc3c(c2)cc(CN2CCC(C(=O)N(C)C)C2)n3C)[nH]c1=O. The van der Waals surface area contributed by atoms with E-state index in [1.807, 2.05) is 57.9 Å². The number of pyridine rings is 3. The van der Waals surface area contributed by atoms with E-state index < -0.39 is 86.7 Å². The van der Waals surface area contributed by atoms with Crippen LogP contribution in [-0.2, 0) is 79.2 Å². The van der Waals surface area contributed by atoms with Crippen LogP contribution in [0.2, 0.25) is 0 Å². The second-order valence-corrected chi connectivity index (χ2v) is 26.4. The number of benzene rings is 3. The number of ether oxygens (including phenoxy) is 4. The number of aromatic amines is 3. The Kier molecular flexibility index (Phi) is 19.8. The third-order valence-corrected chi connectivity index (χ3v) is 20.1. The molecule has 4 N–H and O–H groups in total. The number of nitrogens with zero attached hydrogens (tertiary/aromatic N) is 7. The molecule has 0 aliphatic carbocycles. The van der Waals surface area contributed by atoms with Gasteiger partial charge in [0.2, 0.25) is 5.91 Å². The van der Waals surface area contributed by atoms with Gasteiger partial charge in [-0.25, -0.2) is 19.2 Å². The Morgan fingerprint density at radius 1 is 0.545 bits per heavy atom. The average molecular weight is 1390 g/mol. The zero-order valence-corrected chi connectivity index (χ0v) is 57.6. The van der Waals surface area contributed by atoms with E-state index in [-0.39, 0.29) is 76.4 Å². The molecule has 101 heavy (non-hydrogen) atoms. The zero-order valence-electron chi connectivity index (χ0n) is 57.6. The van der Waals surface area contributed by atoms with Crippen molar-refractivity contribution in [3.8, 4) is 51.0 Å². The topological polar surface area (TPSA) is 286 Å². The molecule has 3 fully saturated rings. The van der Waals surface area contributed by atoms with Gasteiger partial charge in [0.1, 0.15) is 6.04 Å². The van der Waals surface area contributed by atoms with Crippen LogP contribution in [0.25, 0.3) is 66.5 Å². The standard InChI is InChI=1S/C74H79F3N10O14/c1-10-49-59(39-20-23-54-45(31-39)34-48(84(54)8)38-87-27-16-17-55(87)70(94)98-9)78-65(88)56(69(92)93)62(49)99-71(95)57-63(50(11-2)60(79-66(57)89)40-18-22-53-44(29-40)33-47(83(53)7)37-86-28-24-42(35-86)68(91)81(4)5)100-72(96)58-64(101-73(97)74(75,76)77)51(12-3)61(80-67(58)90)41-19-21-52-43(30-41)32-46(82(52)6)36-85-25-14-13-15-26-85/h18-23,29-34,42,55H,10-17,24-28,35-38H2,1-9H3,(H,78,88)(H,79,89)(H,80,90)(H,92,93)/t42?,55-/m0/s1. The number of amides is 1. The molecule has 6 aromatic heterocycles. The summed E-state index contributed by atoms with van der Waals surface area (Å²) < 4.78 is 71.7. The highest BCUT2D eigenvalue weighted by Crippen LogP contribution is 2.41. The van der Waals surface area contributed by atoms with Gasteiger partial charge in [-0.2, -0.15) is 13.2 Å². The fraction of sp³-hybridized carbons (Fsp3) is 0.392. The van der Waals surface area contributed by atoms with Crippen LogP contribution in [0.4, 0.5) is 13.2 Å². The van der Waals surface area contributed by atoms with E-state index >= 15 is 14.4 Å². The summed E-state index contributed by atoms with van der Waals surface area (Å²) in [4.78, 5) is 143. The minimum absolute atomic E-state index is 0.0209. The highest BCUT2D eigenvalue weighted by molar-refractivity contribution is 6.02. The molecule has 1 amide bonds. The van der Waals surface area contributed by atoms with Crippen molar-refractivity contribution in [2.45, 2.75) is 110 Å². The first-order valence-electron chi connectivity index (χ1n) is 33.8. The molecule has 27 heteroatoms. The molecule has 12 rings (SSSR count). The number of aromatic carboxylic acids is 1. The van der Waals surface area contributed by atoms with Crippen molar-refractivity contribution < 1.29 is 66.0 Å². The lowest BCUT2D eigenvalue weighted by Gasteiger charge is -2.26. The number of carboxylic acid groups (broad SMARTS) is 1. The van der Waals surface area contributed by atoms with Crippen LogP contribution in [0, 0.1) is 5.92 Å². The molecule has 24 nitrogen and oxygen atoms in total. The quantitative estimate of drug-likeness (QED) is 0.0517. The second kappa shape index (κ2) is 28.3. The predicted octanol–water partition coefficient (Wildman–Crippen LogP) is 9.55. The lowest BCUT2D eigenvalue weighted by Crippen LogP contribution is -2.36. The second-order valence-electron chi connectivity index (χ2n) is 26.4. The fourth-order valence-corrected chi connectivity index (χ4v) is 14.8. The van der Waals surface area contributed by atoms with Gasteiger partial charge in [0.05, 0.1) is 30.1 Å². The summed E-state index contributed by atoms with van der Waals surface area (Å²) in [6.45, 7) is 9.92. The number of H-pyrrole nitrogens is 3. The van der Waals surface area contributed by atoms with Crippen molar-refractivity contribution in [1.82, 2.24) is 48.3 Å². The van der Waals surface area contributed by atoms with Gasteiger partial charge in [0.25, 0.3) is 16.7 Å². The normalized spacial score (nSPS) is 16.2. The Morgan fingerprint density at radius 2 is 0.970 bits per heavy atom. The number of halogens is 3. The van der Waals surface area contributed by atoms with E-state index in [1.165, 1.54) is 14.0 Å². The average Bonchev–Trinajstić information content (AvgIpc) is 1.16. The molecular weight excluding hydrogens is 1310 g/mol. The molecule has 3 aromatic carbocycles.